The Balaban J connectivity index is 2.17. The van der Waals surface area contributed by atoms with Gasteiger partial charge in [0, 0.05) is 17.1 Å². The van der Waals surface area contributed by atoms with Crippen molar-refractivity contribution in [3.8, 4) is 0 Å². The maximum Gasteiger partial charge on any atom is 0.279 e. The van der Waals surface area contributed by atoms with Gasteiger partial charge in [-0.15, -0.1) is 0 Å². The van der Waals surface area contributed by atoms with Gasteiger partial charge in [-0.2, -0.15) is 4.99 Å². The molecule has 0 N–H and O–H groups in total. The van der Waals surface area contributed by atoms with Crippen molar-refractivity contribution < 1.29 is 4.79 Å². The number of aryl methyl sites for hydroxylation is 4. The lowest BCUT2D eigenvalue weighted by Crippen LogP contribution is -2.16. The maximum atomic E-state index is 12.6. The molecule has 3 rings (SSSR count). The van der Waals surface area contributed by atoms with Crippen molar-refractivity contribution in [3.63, 3.8) is 0 Å². The zero-order valence-electron chi connectivity index (χ0n) is 14.2. The normalized spacial score (nSPS) is 12.1. The number of aromatic nitrogens is 1. The average molecular weight is 359 g/mol. The van der Waals surface area contributed by atoms with Gasteiger partial charge in [0.05, 0.1) is 10.2 Å². The lowest BCUT2D eigenvalue weighted by Gasteiger charge is -2.04. The average Bonchev–Trinajstić information content (AvgIpc) is 2.87. The first-order valence-electron chi connectivity index (χ1n) is 7.86. The quantitative estimate of drug-likeness (QED) is 0.631. The van der Waals surface area contributed by atoms with Gasteiger partial charge in [-0.25, -0.2) is 0 Å². The molecule has 1 heterocycles. The smallest absolute Gasteiger partial charge is 0.279 e. The van der Waals surface area contributed by atoms with Gasteiger partial charge in [0.1, 0.15) is 0 Å². The van der Waals surface area contributed by atoms with Gasteiger partial charge in [0.25, 0.3) is 5.91 Å². The van der Waals surface area contributed by atoms with E-state index in [1.54, 1.807) is 0 Å². The van der Waals surface area contributed by atoms with Crippen molar-refractivity contribution >= 4 is 39.1 Å². The highest BCUT2D eigenvalue weighted by Gasteiger charge is 2.11. The van der Waals surface area contributed by atoms with E-state index in [4.69, 9.17) is 11.6 Å². The second kappa shape index (κ2) is 6.54. The summed E-state index contributed by atoms with van der Waals surface area (Å²) in [5.41, 5.74) is 5.07. The van der Waals surface area contributed by atoms with Crippen LogP contribution in [-0.4, -0.2) is 10.5 Å². The summed E-state index contributed by atoms with van der Waals surface area (Å²) in [5.74, 6) is -0.212. The molecule has 0 saturated heterocycles. The number of benzene rings is 2. The molecule has 3 aromatic rings. The van der Waals surface area contributed by atoms with Crippen molar-refractivity contribution in [2.45, 2.75) is 34.2 Å². The Bertz CT molecular complexity index is 1010. The summed E-state index contributed by atoms with van der Waals surface area (Å²) in [6.45, 7) is 8.87. The number of carbonyl (C=O) groups excluding carboxylic acids is 1. The van der Waals surface area contributed by atoms with Crippen molar-refractivity contribution in [1.82, 2.24) is 4.57 Å². The van der Waals surface area contributed by atoms with Crippen molar-refractivity contribution in [3.05, 3.63) is 62.4 Å². The largest absolute Gasteiger partial charge is 0.316 e. The summed E-state index contributed by atoms with van der Waals surface area (Å²) in [4.78, 5) is 17.7. The SMILES string of the molecule is CCn1c(=NC(=O)c2ccc(C)c(C)c2)sc2cc(Cl)cc(C)c21. The van der Waals surface area contributed by atoms with Gasteiger partial charge in [0.15, 0.2) is 4.80 Å². The molecule has 0 aliphatic heterocycles. The van der Waals surface area contributed by atoms with Gasteiger partial charge in [-0.1, -0.05) is 29.0 Å². The molecule has 0 aliphatic rings. The predicted octanol–water partition coefficient (Wildman–Crippen LogP) is 5.04. The number of fused-ring (bicyclic) bond motifs is 1. The zero-order valence-corrected chi connectivity index (χ0v) is 15.8. The van der Waals surface area contributed by atoms with E-state index in [-0.39, 0.29) is 5.91 Å². The van der Waals surface area contributed by atoms with Crippen LogP contribution in [0.5, 0.6) is 0 Å². The van der Waals surface area contributed by atoms with Crippen LogP contribution in [0.4, 0.5) is 0 Å². The number of nitrogens with zero attached hydrogens (tertiary/aromatic N) is 2. The number of halogens is 1. The molecule has 24 heavy (non-hydrogen) atoms. The summed E-state index contributed by atoms with van der Waals surface area (Å²) in [6, 6.07) is 9.56. The van der Waals surface area contributed by atoms with Gasteiger partial charge in [-0.05, 0) is 68.7 Å². The lowest BCUT2D eigenvalue weighted by atomic mass is 10.1. The number of carbonyl (C=O) groups is 1. The van der Waals surface area contributed by atoms with Crippen LogP contribution in [-0.2, 0) is 6.54 Å². The number of thiazole rings is 1. The molecule has 3 nitrogen and oxygen atoms in total. The standard InChI is InChI=1S/C19H19ClN2OS/c1-5-22-17-13(4)9-15(20)10-16(17)24-19(22)21-18(23)14-7-6-11(2)12(3)8-14/h6-10H,5H2,1-4H3. The van der Waals surface area contributed by atoms with Gasteiger partial charge in [0.2, 0.25) is 0 Å². The van der Waals surface area contributed by atoms with Crippen molar-refractivity contribution in [1.29, 1.82) is 0 Å². The van der Waals surface area contributed by atoms with Gasteiger partial charge < -0.3 is 4.57 Å². The molecule has 0 unspecified atom stereocenters. The Morgan fingerprint density at radius 1 is 1.12 bits per heavy atom. The lowest BCUT2D eigenvalue weighted by molar-refractivity contribution is 0.0998. The molecule has 0 bridgehead atoms. The third-order valence-electron chi connectivity index (χ3n) is 4.20. The molecule has 0 fully saturated rings. The van der Waals surface area contributed by atoms with Crippen LogP contribution in [0.15, 0.2) is 35.3 Å². The molecule has 2 aromatic carbocycles. The second-order valence-electron chi connectivity index (χ2n) is 5.91. The molecular weight excluding hydrogens is 340 g/mol. The Morgan fingerprint density at radius 2 is 1.88 bits per heavy atom. The number of amides is 1. The topological polar surface area (TPSA) is 34.4 Å². The first-order valence-corrected chi connectivity index (χ1v) is 9.06. The van der Waals surface area contributed by atoms with Crippen LogP contribution in [0.1, 0.15) is 34.0 Å². The van der Waals surface area contributed by atoms with E-state index in [1.165, 1.54) is 16.9 Å². The second-order valence-corrected chi connectivity index (χ2v) is 7.36. The fourth-order valence-electron chi connectivity index (χ4n) is 2.78. The molecule has 0 saturated carbocycles. The van der Waals surface area contributed by atoms with E-state index in [1.807, 2.05) is 51.1 Å². The third-order valence-corrected chi connectivity index (χ3v) is 5.44. The van der Waals surface area contributed by atoms with Crippen LogP contribution in [0.25, 0.3) is 10.2 Å². The molecule has 0 aliphatic carbocycles. The molecule has 0 radical (unpaired) electrons. The molecule has 0 atom stereocenters. The van der Waals surface area contributed by atoms with E-state index in [0.717, 1.165) is 27.9 Å². The minimum absolute atomic E-state index is 0.212. The fourth-order valence-corrected chi connectivity index (χ4v) is 4.33. The predicted molar refractivity (Wildman–Crippen MR) is 101 cm³/mol. The molecule has 1 amide bonds. The highest BCUT2D eigenvalue weighted by molar-refractivity contribution is 7.16. The minimum Gasteiger partial charge on any atom is -0.316 e. The van der Waals surface area contributed by atoms with Gasteiger partial charge in [-0.3, -0.25) is 4.79 Å². The summed E-state index contributed by atoms with van der Waals surface area (Å²) >= 11 is 7.66. The molecule has 124 valence electrons. The number of hydrogen-bond donors (Lipinski definition) is 0. The molecular formula is C19H19ClN2OS. The summed E-state index contributed by atoms with van der Waals surface area (Å²) in [6.07, 6.45) is 0. The summed E-state index contributed by atoms with van der Waals surface area (Å²) in [7, 11) is 0. The Kier molecular flexibility index (Phi) is 4.61. The Morgan fingerprint density at radius 3 is 2.54 bits per heavy atom. The fraction of sp³-hybridized carbons (Fsp3) is 0.263. The first-order chi connectivity index (χ1) is 11.4. The van der Waals surface area contributed by atoms with Gasteiger partial charge >= 0.3 is 0 Å². The number of hydrogen-bond acceptors (Lipinski definition) is 2. The van der Waals surface area contributed by atoms with Crippen LogP contribution >= 0.6 is 22.9 Å². The van der Waals surface area contributed by atoms with E-state index in [9.17, 15) is 4.79 Å². The van der Waals surface area contributed by atoms with Crippen LogP contribution in [0, 0.1) is 20.8 Å². The van der Waals surface area contributed by atoms with E-state index in [2.05, 4.69) is 16.5 Å². The van der Waals surface area contributed by atoms with Crippen LogP contribution in [0.2, 0.25) is 5.02 Å². The summed E-state index contributed by atoms with van der Waals surface area (Å²) < 4.78 is 3.12. The highest BCUT2D eigenvalue weighted by Crippen LogP contribution is 2.25. The molecule has 5 heteroatoms. The monoisotopic (exact) mass is 358 g/mol. The van der Waals surface area contributed by atoms with E-state index >= 15 is 0 Å². The van der Waals surface area contributed by atoms with Crippen molar-refractivity contribution in [2.24, 2.45) is 4.99 Å². The zero-order chi connectivity index (χ0) is 17.4. The number of rotatable bonds is 2. The molecule has 0 spiro atoms. The summed E-state index contributed by atoms with van der Waals surface area (Å²) in [5, 5.41) is 0.705. The molecule has 1 aromatic heterocycles. The van der Waals surface area contributed by atoms with E-state index < -0.39 is 0 Å². The van der Waals surface area contributed by atoms with Crippen molar-refractivity contribution in [2.75, 3.05) is 0 Å². The Hall–Kier alpha value is -1.91. The van der Waals surface area contributed by atoms with Crippen LogP contribution in [0.3, 0.4) is 0 Å². The maximum absolute atomic E-state index is 12.6. The Labute approximate surface area is 150 Å². The highest BCUT2D eigenvalue weighted by atomic mass is 35.5. The first kappa shape index (κ1) is 16.9. The van der Waals surface area contributed by atoms with E-state index in [0.29, 0.717) is 15.4 Å². The minimum atomic E-state index is -0.212. The third kappa shape index (κ3) is 3.04. The van der Waals surface area contributed by atoms with Crippen LogP contribution < -0.4 is 4.80 Å².